The van der Waals surface area contributed by atoms with E-state index < -0.39 is 0 Å². The Morgan fingerprint density at radius 3 is 1.48 bits per heavy atom. The second kappa shape index (κ2) is 8.80. The summed E-state index contributed by atoms with van der Waals surface area (Å²) in [6.07, 6.45) is 0. The molecule has 1 nitrogen and oxygen atoms in total. The van der Waals surface area contributed by atoms with Crippen LogP contribution < -0.4 is 4.57 Å². The lowest BCUT2D eigenvalue weighted by Gasteiger charge is -2.23. The second-order valence-electron chi connectivity index (χ2n) is 8.93. The molecule has 0 N–H and O–H groups in total. The van der Waals surface area contributed by atoms with E-state index in [1.807, 2.05) is 11.3 Å². The Balaban J connectivity index is 2.25. The van der Waals surface area contributed by atoms with Gasteiger partial charge in [0.25, 0.3) is 0 Å². The number of hydrogen-bond donors (Lipinski definition) is 0. The zero-order chi connectivity index (χ0) is 22.1. The maximum atomic E-state index is 2.47. The summed E-state index contributed by atoms with van der Waals surface area (Å²) in [4.78, 5) is 1.36. The predicted molar refractivity (Wildman–Crippen MR) is 134 cm³/mol. The molecule has 0 bridgehead atoms. The van der Waals surface area contributed by atoms with Crippen molar-refractivity contribution >= 4 is 11.3 Å². The van der Waals surface area contributed by atoms with Gasteiger partial charge in [-0.2, -0.15) is 4.57 Å². The summed E-state index contributed by atoms with van der Waals surface area (Å²) >= 11 is 1.83. The molecule has 0 saturated heterocycles. The van der Waals surface area contributed by atoms with Gasteiger partial charge in [-0.3, -0.25) is 0 Å². The number of thiazole rings is 1. The first-order chi connectivity index (χ1) is 14.9. The normalized spacial score (nSPS) is 11.5. The van der Waals surface area contributed by atoms with Crippen molar-refractivity contribution in [1.82, 2.24) is 0 Å². The third-order valence-electron chi connectivity index (χ3n) is 6.18. The Kier molecular flexibility index (Phi) is 6.11. The van der Waals surface area contributed by atoms with Crippen LogP contribution in [-0.4, -0.2) is 0 Å². The molecule has 4 aromatic rings. The molecule has 1 heterocycles. The Morgan fingerprint density at radius 2 is 1.13 bits per heavy atom. The van der Waals surface area contributed by atoms with E-state index in [0.29, 0.717) is 11.8 Å². The van der Waals surface area contributed by atoms with Gasteiger partial charge < -0.3 is 0 Å². The Morgan fingerprint density at radius 1 is 0.677 bits per heavy atom. The van der Waals surface area contributed by atoms with Crippen molar-refractivity contribution in [2.45, 2.75) is 53.4 Å². The fourth-order valence-corrected chi connectivity index (χ4v) is 5.16. The van der Waals surface area contributed by atoms with Crippen molar-refractivity contribution in [3.8, 4) is 27.9 Å². The first-order valence-electron chi connectivity index (χ1n) is 11.2. The highest BCUT2D eigenvalue weighted by Gasteiger charge is 2.31. The van der Waals surface area contributed by atoms with Gasteiger partial charge in [-0.05, 0) is 41.0 Å². The molecule has 0 aliphatic carbocycles. The van der Waals surface area contributed by atoms with Crippen LogP contribution >= 0.6 is 11.3 Å². The van der Waals surface area contributed by atoms with Crippen LogP contribution in [0.4, 0.5) is 0 Å². The van der Waals surface area contributed by atoms with Gasteiger partial charge in [0.1, 0.15) is 0 Å². The zero-order valence-corrected chi connectivity index (χ0v) is 20.3. The summed E-state index contributed by atoms with van der Waals surface area (Å²) in [5, 5.41) is 0. The van der Waals surface area contributed by atoms with E-state index in [-0.39, 0.29) is 0 Å². The lowest BCUT2D eigenvalue weighted by atomic mass is 9.81. The summed E-state index contributed by atoms with van der Waals surface area (Å²) < 4.78 is 2.43. The van der Waals surface area contributed by atoms with Crippen molar-refractivity contribution in [3.05, 3.63) is 93.9 Å². The van der Waals surface area contributed by atoms with Gasteiger partial charge in [-0.25, -0.2) is 0 Å². The predicted octanol–water partition coefficient (Wildman–Crippen LogP) is 8.22. The number of aromatic nitrogens is 1. The average molecular weight is 427 g/mol. The van der Waals surface area contributed by atoms with Gasteiger partial charge in [-0.15, -0.1) is 0 Å². The van der Waals surface area contributed by atoms with E-state index in [4.69, 9.17) is 0 Å². The number of hydrogen-bond acceptors (Lipinski definition) is 1. The van der Waals surface area contributed by atoms with Gasteiger partial charge >= 0.3 is 0 Å². The molecule has 1 aromatic heterocycles. The van der Waals surface area contributed by atoms with Crippen LogP contribution in [0.1, 0.15) is 61.2 Å². The van der Waals surface area contributed by atoms with Crippen LogP contribution in [0.3, 0.4) is 0 Å². The van der Waals surface area contributed by atoms with Gasteiger partial charge in [0.15, 0.2) is 5.69 Å². The lowest BCUT2D eigenvalue weighted by molar-refractivity contribution is -0.596. The number of benzene rings is 3. The maximum absolute atomic E-state index is 2.47. The fourth-order valence-electron chi connectivity index (χ4n) is 4.36. The largest absolute Gasteiger partial charge is 0.231 e. The summed E-state index contributed by atoms with van der Waals surface area (Å²) in [6.45, 7) is 13.7. The quantitative estimate of drug-likeness (QED) is 0.283. The van der Waals surface area contributed by atoms with Crippen LogP contribution in [0.15, 0.2) is 72.2 Å². The summed E-state index contributed by atoms with van der Waals surface area (Å²) in [6, 6.07) is 24.3. The van der Waals surface area contributed by atoms with Crippen LogP contribution in [0.2, 0.25) is 0 Å². The van der Waals surface area contributed by atoms with Crippen LogP contribution in [0, 0.1) is 13.8 Å². The molecule has 0 atom stereocenters. The zero-order valence-electron chi connectivity index (χ0n) is 19.4. The Labute approximate surface area is 191 Å². The molecule has 158 valence electrons. The molecule has 0 unspecified atom stereocenters. The van der Waals surface area contributed by atoms with Gasteiger partial charge in [0.2, 0.25) is 11.2 Å². The second-order valence-corrected chi connectivity index (χ2v) is 9.99. The van der Waals surface area contributed by atoms with Gasteiger partial charge in [-0.1, -0.05) is 106 Å². The highest BCUT2D eigenvalue weighted by molar-refractivity contribution is 7.09. The topological polar surface area (TPSA) is 3.88 Å². The molecule has 4 rings (SSSR count). The van der Waals surface area contributed by atoms with E-state index in [1.165, 1.54) is 49.6 Å². The van der Waals surface area contributed by atoms with Crippen molar-refractivity contribution in [1.29, 1.82) is 0 Å². The fraction of sp³-hybridized carbons (Fsp3) is 0.276. The van der Waals surface area contributed by atoms with Crippen molar-refractivity contribution in [2.75, 3.05) is 0 Å². The molecular formula is C29H32NS+. The van der Waals surface area contributed by atoms with E-state index in [1.54, 1.807) is 0 Å². The lowest BCUT2D eigenvalue weighted by Crippen LogP contribution is -2.34. The minimum absolute atomic E-state index is 0.428. The van der Waals surface area contributed by atoms with Crippen LogP contribution in [-0.2, 0) is 0 Å². The molecule has 0 radical (unpaired) electrons. The van der Waals surface area contributed by atoms with Crippen molar-refractivity contribution in [3.63, 3.8) is 0 Å². The SMILES string of the molecule is Cc1sc[n+](-c2c(-c3ccccc3)c(C(C)C)cc(C(C)C)c2-c2ccccc2)c1C. The molecule has 0 aliphatic heterocycles. The number of nitrogens with zero attached hydrogens (tertiary/aromatic N) is 1. The molecule has 31 heavy (non-hydrogen) atoms. The summed E-state index contributed by atoms with van der Waals surface area (Å²) in [5.41, 5.74) is 13.0. The molecular weight excluding hydrogens is 394 g/mol. The van der Waals surface area contributed by atoms with Gasteiger partial charge in [0.05, 0.1) is 16.0 Å². The third-order valence-corrected chi connectivity index (χ3v) is 7.14. The molecule has 2 heteroatoms. The molecule has 0 aliphatic rings. The summed E-state index contributed by atoms with van der Waals surface area (Å²) in [7, 11) is 0. The highest BCUT2D eigenvalue weighted by atomic mass is 32.1. The minimum Gasteiger partial charge on any atom is -0.153 e. The van der Waals surface area contributed by atoms with E-state index in [2.05, 4.69) is 118 Å². The van der Waals surface area contributed by atoms with Crippen LogP contribution in [0.25, 0.3) is 27.9 Å². The average Bonchev–Trinajstić information content (AvgIpc) is 3.11. The Bertz CT molecular complexity index is 1110. The monoisotopic (exact) mass is 426 g/mol. The van der Waals surface area contributed by atoms with Gasteiger partial charge in [0, 0.05) is 6.92 Å². The highest BCUT2D eigenvalue weighted by Crippen LogP contribution is 2.43. The smallest absolute Gasteiger partial charge is 0.153 e. The molecule has 3 aromatic carbocycles. The standard InChI is InChI=1S/C29H32NS/c1-19(2)25-17-26(20(3)4)28(24-15-11-8-12-16-24)29(30-18-31-22(6)21(30)5)27(25)23-13-9-7-10-14-23/h7-20H,1-6H3/q+1. The van der Waals surface area contributed by atoms with E-state index in [0.717, 1.165) is 0 Å². The molecule has 0 saturated carbocycles. The van der Waals surface area contributed by atoms with Crippen LogP contribution in [0.5, 0.6) is 0 Å². The minimum atomic E-state index is 0.428. The molecule has 0 fully saturated rings. The third kappa shape index (κ3) is 3.97. The van der Waals surface area contributed by atoms with E-state index >= 15 is 0 Å². The first-order valence-corrected chi connectivity index (χ1v) is 12.1. The number of rotatable bonds is 5. The molecule has 0 amide bonds. The first kappa shape index (κ1) is 21.5. The molecule has 0 spiro atoms. The summed E-state index contributed by atoms with van der Waals surface area (Å²) in [5.74, 6) is 0.855. The van der Waals surface area contributed by atoms with E-state index in [9.17, 15) is 0 Å². The maximum Gasteiger partial charge on any atom is 0.231 e. The van der Waals surface area contributed by atoms with Crippen molar-refractivity contribution in [2.24, 2.45) is 0 Å². The number of aryl methyl sites for hydroxylation is 1. The van der Waals surface area contributed by atoms with Crippen molar-refractivity contribution < 1.29 is 4.57 Å². The Hall–Kier alpha value is -2.71.